The van der Waals surface area contributed by atoms with Gasteiger partial charge in [-0.15, -0.1) is 0 Å². The molecule has 0 heterocycles. The van der Waals surface area contributed by atoms with Gasteiger partial charge in [0.05, 0.1) is 6.67 Å². The van der Waals surface area contributed by atoms with E-state index in [4.69, 9.17) is 4.74 Å². The molecule has 0 fully saturated rings. The van der Waals surface area contributed by atoms with Crippen LogP contribution in [0.5, 0.6) is 0 Å². The van der Waals surface area contributed by atoms with E-state index in [-0.39, 0.29) is 6.67 Å². The Morgan fingerprint density at radius 2 is 0.864 bits per heavy atom. The van der Waals surface area contributed by atoms with Crippen LogP contribution >= 0.6 is 0 Å². The number of ether oxygens (including phenoxy) is 1. The van der Waals surface area contributed by atoms with E-state index in [1.165, 1.54) is 89.9 Å². The Hall–Kier alpha value is -0.110. The molecule has 0 aliphatic heterocycles. The number of rotatable bonds is 19. The van der Waals surface area contributed by atoms with Crippen molar-refractivity contribution in [2.45, 2.75) is 110 Å². The van der Waals surface area contributed by atoms with Crippen LogP contribution in [-0.4, -0.2) is 19.9 Å². The van der Waals surface area contributed by atoms with E-state index < -0.39 is 0 Å². The van der Waals surface area contributed by atoms with Crippen LogP contribution < -0.4 is 0 Å². The largest absolute Gasteiger partial charge is 0.381 e. The molecule has 0 aliphatic rings. The molecule has 0 bridgehead atoms. The predicted octanol–water partition coefficient (Wildman–Crippen LogP) is 7.23. The van der Waals surface area contributed by atoms with E-state index in [0.29, 0.717) is 0 Å². The van der Waals surface area contributed by atoms with Crippen molar-refractivity contribution in [3.05, 3.63) is 0 Å². The van der Waals surface area contributed by atoms with Gasteiger partial charge in [0, 0.05) is 13.2 Å². The number of halogens is 1. The average Bonchev–Trinajstić information content (AvgIpc) is 2.54. The minimum Gasteiger partial charge on any atom is -0.381 e. The van der Waals surface area contributed by atoms with Crippen LogP contribution in [0.25, 0.3) is 0 Å². The lowest BCUT2D eigenvalue weighted by Crippen LogP contribution is -1.96. The predicted molar refractivity (Wildman–Crippen MR) is 96.3 cm³/mol. The molecule has 0 saturated heterocycles. The second kappa shape index (κ2) is 20.9. The van der Waals surface area contributed by atoms with Crippen LogP contribution in [0.15, 0.2) is 0 Å². The van der Waals surface area contributed by atoms with Gasteiger partial charge in [-0.25, -0.2) is 0 Å². The van der Waals surface area contributed by atoms with E-state index in [1.807, 2.05) is 0 Å². The first-order valence-electron chi connectivity index (χ1n) is 10.1. The van der Waals surface area contributed by atoms with Gasteiger partial charge in [0.1, 0.15) is 0 Å². The molecule has 134 valence electrons. The molecule has 0 atom stereocenters. The maximum Gasteiger partial charge on any atom is 0.0894 e. The number of hydrogen-bond donors (Lipinski definition) is 0. The fourth-order valence-electron chi connectivity index (χ4n) is 2.77. The molecule has 0 aromatic heterocycles. The van der Waals surface area contributed by atoms with Crippen LogP contribution in [0, 0.1) is 0 Å². The second-order valence-electron chi connectivity index (χ2n) is 6.60. The molecule has 0 aromatic carbocycles. The summed E-state index contributed by atoms with van der Waals surface area (Å²) in [6.07, 6.45) is 20.5. The van der Waals surface area contributed by atoms with Crippen molar-refractivity contribution in [2.75, 3.05) is 19.9 Å². The summed E-state index contributed by atoms with van der Waals surface area (Å²) in [5.74, 6) is 0. The van der Waals surface area contributed by atoms with Gasteiger partial charge in [-0.3, -0.25) is 4.39 Å². The van der Waals surface area contributed by atoms with E-state index in [9.17, 15) is 4.39 Å². The van der Waals surface area contributed by atoms with Crippen LogP contribution in [-0.2, 0) is 4.74 Å². The SMILES string of the molecule is CCCCOCCCCCCCCCCCCCCCCF. The number of alkyl halides is 1. The van der Waals surface area contributed by atoms with Crippen molar-refractivity contribution in [2.24, 2.45) is 0 Å². The summed E-state index contributed by atoms with van der Waals surface area (Å²) < 4.78 is 17.5. The highest BCUT2D eigenvalue weighted by molar-refractivity contribution is 4.49. The van der Waals surface area contributed by atoms with Crippen molar-refractivity contribution >= 4 is 0 Å². The zero-order valence-electron chi connectivity index (χ0n) is 15.2. The van der Waals surface area contributed by atoms with Gasteiger partial charge in [-0.05, 0) is 19.3 Å². The van der Waals surface area contributed by atoms with Gasteiger partial charge in [-0.2, -0.15) is 0 Å². The molecule has 22 heavy (non-hydrogen) atoms. The topological polar surface area (TPSA) is 9.23 Å². The molecule has 0 amide bonds. The van der Waals surface area contributed by atoms with E-state index >= 15 is 0 Å². The molecule has 0 spiro atoms. The number of hydrogen-bond acceptors (Lipinski definition) is 1. The maximum absolute atomic E-state index is 11.9. The molecular weight excluding hydrogens is 275 g/mol. The third kappa shape index (κ3) is 19.9. The zero-order chi connectivity index (χ0) is 16.1. The van der Waals surface area contributed by atoms with E-state index in [0.717, 1.165) is 26.1 Å². The van der Waals surface area contributed by atoms with Crippen LogP contribution in [0.1, 0.15) is 110 Å². The maximum atomic E-state index is 11.9. The molecule has 1 nitrogen and oxygen atoms in total. The normalized spacial score (nSPS) is 11.2. The first-order valence-corrected chi connectivity index (χ1v) is 10.1. The first kappa shape index (κ1) is 21.9. The molecule has 0 radical (unpaired) electrons. The van der Waals surface area contributed by atoms with E-state index in [2.05, 4.69) is 6.92 Å². The van der Waals surface area contributed by atoms with Crippen molar-refractivity contribution in [1.29, 1.82) is 0 Å². The summed E-state index contributed by atoms with van der Waals surface area (Å²) in [5, 5.41) is 0. The van der Waals surface area contributed by atoms with Gasteiger partial charge < -0.3 is 4.74 Å². The molecule has 0 saturated carbocycles. The Bertz CT molecular complexity index is 165. The molecular formula is C20H41FO. The molecule has 0 rings (SSSR count). The van der Waals surface area contributed by atoms with Crippen molar-refractivity contribution in [3.8, 4) is 0 Å². The summed E-state index contributed by atoms with van der Waals surface area (Å²) >= 11 is 0. The van der Waals surface area contributed by atoms with Gasteiger partial charge >= 0.3 is 0 Å². The lowest BCUT2D eigenvalue weighted by Gasteiger charge is -2.04. The van der Waals surface area contributed by atoms with Crippen molar-refractivity contribution in [3.63, 3.8) is 0 Å². The summed E-state index contributed by atoms with van der Waals surface area (Å²) in [7, 11) is 0. The highest BCUT2D eigenvalue weighted by Crippen LogP contribution is 2.13. The number of unbranched alkanes of at least 4 members (excludes halogenated alkanes) is 14. The Morgan fingerprint density at radius 3 is 1.27 bits per heavy atom. The molecule has 0 N–H and O–H groups in total. The summed E-state index contributed by atoms with van der Waals surface area (Å²) in [4.78, 5) is 0. The highest BCUT2D eigenvalue weighted by atomic mass is 19.1. The van der Waals surface area contributed by atoms with Gasteiger partial charge in [0.2, 0.25) is 0 Å². The molecule has 0 unspecified atom stereocenters. The fourth-order valence-corrected chi connectivity index (χ4v) is 2.77. The first-order chi connectivity index (χ1) is 10.9. The minimum absolute atomic E-state index is 0.133. The summed E-state index contributed by atoms with van der Waals surface area (Å²) in [6, 6.07) is 0. The Morgan fingerprint density at radius 1 is 0.500 bits per heavy atom. The third-order valence-electron chi connectivity index (χ3n) is 4.31. The zero-order valence-corrected chi connectivity index (χ0v) is 15.2. The van der Waals surface area contributed by atoms with Gasteiger partial charge in [0.15, 0.2) is 0 Å². The molecule has 2 heteroatoms. The minimum atomic E-state index is -0.133. The summed E-state index contributed by atoms with van der Waals surface area (Å²) in [6.45, 7) is 3.99. The second-order valence-corrected chi connectivity index (χ2v) is 6.60. The third-order valence-corrected chi connectivity index (χ3v) is 4.31. The van der Waals surface area contributed by atoms with Crippen LogP contribution in [0.4, 0.5) is 4.39 Å². The Labute approximate surface area is 139 Å². The fraction of sp³-hybridized carbons (Fsp3) is 1.00. The van der Waals surface area contributed by atoms with Crippen LogP contribution in [0.3, 0.4) is 0 Å². The Balaban J connectivity index is 2.91. The molecule has 0 aliphatic carbocycles. The standard InChI is InChI=1S/C20H41FO/c1-2-3-19-22-20-17-15-13-11-9-7-5-4-6-8-10-12-14-16-18-21/h2-20H2,1H3. The van der Waals surface area contributed by atoms with Gasteiger partial charge in [0.25, 0.3) is 0 Å². The summed E-state index contributed by atoms with van der Waals surface area (Å²) in [5.41, 5.74) is 0. The van der Waals surface area contributed by atoms with Gasteiger partial charge in [-0.1, -0.05) is 90.4 Å². The van der Waals surface area contributed by atoms with Crippen LogP contribution in [0.2, 0.25) is 0 Å². The monoisotopic (exact) mass is 316 g/mol. The van der Waals surface area contributed by atoms with E-state index in [1.54, 1.807) is 0 Å². The Kier molecular flexibility index (Phi) is 20.8. The lowest BCUT2D eigenvalue weighted by molar-refractivity contribution is 0.127. The smallest absolute Gasteiger partial charge is 0.0894 e. The average molecular weight is 317 g/mol. The highest BCUT2D eigenvalue weighted by Gasteiger charge is 1.94. The van der Waals surface area contributed by atoms with Crippen molar-refractivity contribution in [1.82, 2.24) is 0 Å². The quantitative estimate of drug-likeness (QED) is 0.228. The molecule has 0 aromatic rings. The lowest BCUT2D eigenvalue weighted by atomic mass is 10.0. The van der Waals surface area contributed by atoms with Crippen molar-refractivity contribution < 1.29 is 9.13 Å².